The quantitative estimate of drug-likeness (QED) is 0.860. The standard InChI is InChI=1S/C15H12F2N2OS/c16-10-5-6-11(17)12(9-10)18-15(20)19-7-8-21-14-4-2-1-3-13(14)19/h1-6,9H,7-8H2,(H,18,20). The highest BCUT2D eigenvalue weighted by Gasteiger charge is 2.23. The van der Waals surface area contributed by atoms with Crippen LogP contribution < -0.4 is 10.2 Å². The second-order valence-corrected chi connectivity index (χ2v) is 5.66. The van der Waals surface area contributed by atoms with Crippen molar-refractivity contribution in [3.63, 3.8) is 0 Å². The van der Waals surface area contributed by atoms with E-state index in [4.69, 9.17) is 0 Å². The summed E-state index contributed by atoms with van der Waals surface area (Å²) in [6.45, 7) is 0.518. The Bertz CT molecular complexity index is 693. The number of nitrogens with one attached hydrogen (secondary N) is 1. The van der Waals surface area contributed by atoms with E-state index in [1.807, 2.05) is 24.3 Å². The van der Waals surface area contributed by atoms with Gasteiger partial charge in [-0.05, 0) is 24.3 Å². The first-order valence-electron chi connectivity index (χ1n) is 6.40. The lowest BCUT2D eigenvalue weighted by Crippen LogP contribution is -2.38. The summed E-state index contributed by atoms with van der Waals surface area (Å²) < 4.78 is 26.7. The maximum absolute atomic E-state index is 13.6. The van der Waals surface area contributed by atoms with Crippen LogP contribution in [0.25, 0.3) is 0 Å². The number of amides is 2. The highest BCUT2D eigenvalue weighted by atomic mass is 32.2. The van der Waals surface area contributed by atoms with Crippen LogP contribution in [-0.2, 0) is 0 Å². The highest BCUT2D eigenvalue weighted by Crippen LogP contribution is 2.34. The molecule has 0 aromatic heterocycles. The molecule has 0 aliphatic carbocycles. The molecule has 3 rings (SSSR count). The molecule has 2 aromatic carbocycles. The number of carbonyl (C=O) groups is 1. The molecule has 1 aliphatic heterocycles. The SMILES string of the molecule is O=C(Nc1cc(F)ccc1F)N1CCSc2ccccc21. The Hall–Kier alpha value is -2.08. The number of benzene rings is 2. The van der Waals surface area contributed by atoms with Gasteiger partial charge in [0.15, 0.2) is 0 Å². The molecule has 0 saturated heterocycles. The number of anilines is 2. The van der Waals surface area contributed by atoms with Crippen molar-refractivity contribution in [2.45, 2.75) is 4.90 Å². The van der Waals surface area contributed by atoms with E-state index >= 15 is 0 Å². The van der Waals surface area contributed by atoms with Gasteiger partial charge < -0.3 is 5.32 Å². The molecule has 6 heteroatoms. The number of para-hydroxylation sites is 1. The van der Waals surface area contributed by atoms with Crippen molar-refractivity contribution in [1.82, 2.24) is 0 Å². The van der Waals surface area contributed by atoms with Crippen molar-refractivity contribution >= 4 is 29.2 Å². The second kappa shape index (κ2) is 5.73. The molecule has 21 heavy (non-hydrogen) atoms. The van der Waals surface area contributed by atoms with Gasteiger partial charge in [0.25, 0.3) is 0 Å². The molecule has 0 saturated carbocycles. The Labute approximate surface area is 125 Å². The fourth-order valence-electron chi connectivity index (χ4n) is 2.16. The number of hydrogen-bond acceptors (Lipinski definition) is 2. The van der Waals surface area contributed by atoms with Gasteiger partial charge in [-0.1, -0.05) is 12.1 Å². The lowest BCUT2D eigenvalue weighted by atomic mass is 10.2. The maximum Gasteiger partial charge on any atom is 0.326 e. The molecule has 0 unspecified atom stereocenters. The van der Waals surface area contributed by atoms with Crippen LogP contribution in [0, 0.1) is 11.6 Å². The van der Waals surface area contributed by atoms with E-state index in [-0.39, 0.29) is 5.69 Å². The van der Waals surface area contributed by atoms with Gasteiger partial charge in [-0.2, -0.15) is 0 Å². The third kappa shape index (κ3) is 2.85. The molecule has 0 atom stereocenters. The maximum atomic E-state index is 13.6. The fourth-order valence-corrected chi connectivity index (χ4v) is 3.15. The number of urea groups is 1. The molecule has 3 nitrogen and oxygen atoms in total. The highest BCUT2D eigenvalue weighted by molar-refractivity contribution is 7.99. The summed E-state index contributed by atoms with van der Waals surface area (Å²) in [5, 5.41) is 2.42. The minimum Gasteiger partial charge on any atom is -0.305 e. The smallest absolute Gasteiger partial charge is 0.305 e. The minimum absolute atomic E-state index is 0.157. The van der Waals surface area contributed by atoms with Gasteiger partial charge in [-0.3, -0.25) is 4.90 Å². The summed E-state index contributed by atoms with van der Waals surface area (Å²) in [5.74, 6) is -0.499. The Balaban J connectivity index is 1.85. The van der Waals surface area contributed by atoms with E-state index in [0.29, 0.717) is 6.54 Å². The number of halogens is 2. The Morgan fingerprint density at radius 1 is 1.19 bits per heavy atom. The molecular weight excluding hydrogens is 294 g/mol. The third-order valence-corrected chi connectivity index (χ3v) is 4.19. The van der Waals surface area contributed by atoms with E-state index in [1.165, 1.54) is 4.90 Å². The zero-order valence-electron chi connectivity index (χ0n) is 11.0. The molecule has 0 radical (unpaired) electrons. The summed E-state index contributed by atoms with van der Waals surface area (Å²) >= 11 is 1.67. The molecule has 0 spiro atoms. The molecule has 1 aliphatic rings. The van der Waals surface area contributed by atoms with Crippen LogP contribution in [0.15, 0.2) is 47.4 Å². The Kier molecular flexibility index (Phi) is 3.79. The molecule has 2 aromatic rings. The largest absolute Gasteiger partial charge is 0.326 e. The Morgan fingerprint density at radius 2 is 2.00 bits per heavy atom. The summed E-state index contributed by atoms with van der Waals surface area (Å²) in [5.41, 5.74) is 0.624. The van der Waals surface area contributed by atoms with Crippen LogP contribution in [0.5, 0.6) is 0 Å². The van der Waals surface area contributed by atoms with Gasteiger partial charge in [-0.15, -0.1) is 11.8 Å². The molecule has 2 amide bonds. The van der Waals surface area contributed by atoms with Crippen LogP contribution in [0.2, 0.25) is 0 Å². The number of fused-ring (bicyclic) bond motifs is 1. The van der Waals surface area contributed by atoms with E-state index in [0.717, 1.165) is 34.5 Å². The molecular formula is C15H12F2N2OS. The van der Waals surface area contributed by atoms with Crippen molar-refractivity contribution in [3.05, 3.63) is 54.1 Å². The predicted octanol–water partition coefficient (Wildman–Crippen LogP) is 4.11. The topological polar surface area (TPSA) is 32.3 Å². The van der Waals surface area contributed by atoms with Crippen molar-refractivity contribution in [2.24, 2.45) is 0 Å². The van der Waals surface area contributed by atoms with Crippen LogP contribution >= 0.6 is 11.8 Å². The first kappa shape index (κ1) is 13.9. The first-order valence-corrected chi connectivity index (χ1v) is 7.39. The molecule has 1 N–H and O–H groups in total. The summed E-state index contributed by atoms with van der Waals surface area (Å²) in [4.78, 5) is 14.8. The number of rotatable bonds is 1. The molecule has 108 valence electrons. The molecule has 1 heterocycles. The number of thioether (sulfide) groups is 1. The fraction of sp³-hybridized carbons (Fsp3) is 0.133. The minimum atomic E-state index is -0.663. The van der Waals surface area contributed by atoms with Crippen molar-refractivity contribution in [3.8, 4) is 0 Å². The molecule has 0 bridgehead atoms. The molecule has 0 fully saturated rings. The van der Waals surface area contributed by atoms with Crippen molar-refractivity contribution < 1.29 is 13.6 Å². The number of hydrogen-bond donors (Lipinski definition) is 1. The zero-order chi connectivity index (χ0) is 14.8. The zero-order valence-corrected chi connectivity index (χ0v) is 11.8. The van der Waals surface area contributed by atoms with Gasteiger partial charge in [0.1, 0.15) is 11.6 Å². The van der Waals surface area contributed by atoms with Gasteiger partial charge in [0.05, 0.1) is 11.4 Å². The van der Waals surface area contributed by atoms with Crippen molar-refractivity contribution in [2.75, 3.05) is 22.5 Å². The normalized spacial score (nSPS) is 13.7. The second-order valence-electron chi connectivity index (χ2n) is 4.52. The average Bonchev–Trinajstić information content (AvgIpc) is 2.50. The lowest BCUT2D eigenvalue weighted by Gasteiger charge is -2.29. The van der Waals surface area contributed by atoms with Crippen LogP contribution in [0.3, 0.4) is 0 Å². The Morgan fingerprint density at radius 3 is 2.86 bits per heavy atom. The lowest BCUT2D eigenvalue weighted by molar-refractivity contribution is 0.257. The van der Waals surface area contributed by atoms with E-state index < -0.39 is 17.7 Å². The predicted molar refractivity (Wildman–Crippen MR) is 79.9 cm³/mol. The van der Waals surface area contributed by atoms with Gasteiger partial charge >= 0.3 is 6.03 Å². The van der Waals surface area contributed by atoms with Crippen molar-refractivity contribution in [1.29, 1.82) is 0 Å². The first-order chi connectivity index (χ1) is 10.1. The van der Waals surface area contributed by atoms with E-state index in [9.17, 15) is 13.6 Å². The van der Waals surface area contributed by atoms with Gasteiger partial charge in [0, 0.05) is 23.3 Å². The van der Waals surface area contributed by atoms with E-state index in [2.05, 4.69) is 5.32 Å². The van der Waals surface area contributed by atoms with Crippen LogP contribution in [0.1, 0.15) is 0 Å². The van der Waals surface area contributed by atoms with Crippen LogP contribution in [0.4, 0.5) is 25.0 Å². The summed E-state index contributed by atoms with van der Waals surface area (Å²) in [6, 6.07) is 10.0. The van der Waals surface area contributed by atoms with Gasteiger partial charge in [0.2, 0.25) is 0 Å². The summed E-state index contributed by atoms with van der Waals surface area (Å²) in [6.07, 6.45) is 0. The number of nitrogens with zero attached hydrogens (tertiary/aromatic N) is 1. The number of carbonyl (C=O) groups excluding carboxylic acids is 1. The van der Waals surface area contributed by atoms with Crippen LogP contribution in [-0.4, -0.2) is 18.3 Å². The van der Waals surface area contributed by atoms with Gasteiger partial charge in [-0.25, -0.2) is 13.6 Å². The average molecular weight is 306 g/mol. The monoisotopic (exact) mass is 306 g/mol. The third-order valence-electron chi connectivity index (χ3n) is 3.14. The van der Waals surface area contributed by atoms with E-state index in [1.54, 1.807) is 11.8 Å². The summed E-state index contributed by atoms with van der Waals surface area (Å²) in [7, 11) is 0.